The molecule has 0 aliphatic carbocycles. The molecule has 0 aliphatic rings. The van der Waals surface area contributed by atoms with E-state index in [1.165, 1.54) is 0 Å². The van der Waals surface area contributed by atoms with Gasteiger partial charge in [-0.2, -0.15) is 18.2 Å². The van der Waals surface area contributed by atoms with Crippen molar-refractivity contribution in [2.75, 3.05) is 17.6 Å². The molecule has 0 aliphatic heterocycles. The van der Waals surface area contributed by atoms with Gasteiger partial charge in [0.15, 0.2) is 0 Å². The van der Waals surface area contributed by atoms with Crippen molar-refractivity contribution in [1.82, 2.24) is 9.97 Å². The van der Waals surface area contributed by atoms with Gasteiger partial charge in [-0.15, -0.1) is 0 Å². The zero-order chi connectivity index (χ0) is 11.6. The van der Waals surface area contributed by atoms with Gasteiger partial charge < -0.3 is 11.1 Å². The van der Waals surface area contributed by atoms with Crippen molar-refractivity contribution in [3.63, 3.8) is 0 Å². The first-order chi connectivity index (χ1) is 6.79. The van der Waals surface area contributed by atoms with Gasteiger partial charge in [0.25, 0.3) is 0 Å². The molecular formula is C7H8ClF3N4. The number of aromatic nitrogens is 2. The predicted molar refractivity (Wildman–Crippen MR) is 50.7 cm³/mol. The Morgan fingerprint density at radius 3 is 2.47 bits per heavy atom. The topological polar surface area (TPSA) is 63.8 Å². The van der Waals surface area contributed by atoms with Gasteiger partial charge in [-0.05, 0) is 6.92 Å². The highest BCUT2D eigenvalue weighted by molar-refractivity contribution is 6.30. The zero-order valence-electron chi connectivity index (χ0n) is 7.69. The van der Waals surface area contributed by atoms with Crippen molar-refractivity contribution >= 4 is 23.4 Å². The van der Waals surface area contributed by atoms with Crippen LogP contribution in [0.25, 0.3) is 0 Å². The maximum atomic E-state index is 11.8. The van der Waals surface area contributed by atoms with E-state index in [2.05, 4.69) is 9.97 Å². The molecule has 0 amide bonds. The first-order valence-corrected chi connectivity index (χ1v) is 4.27. The van der Waals surface area contributed by atoms with Crippen molar-refractivity contribution in [1.29, 1.82) is 0 Å². The Labute approximate surface area is 88.7 Å². The second-order valence-electron chi connectivity index (χ2n) is 2.82. The third kappa shape index (κ3) is 3.43. The molecule has 15 heavy (non-hydrogen) atoms. The summed E-state index contributed by atoms with van der Waals surface area (Å²) >= 11 is 5.62. The first-order valence-electron chi connectivity index (χ1n) is 3.90. The Balaban J connectivity index is 2.80. The van der Waals surface area contributed by atoms with Crippen LogP contribution in [0.1, 0.15) is 5.56 Å². The van der Waals surface area contributed by atoms with E-state index in [0.29, 0.717) is 5.56 Å². The normalized spacial score (nSPS) is 11.5. The van der Waals surface area contributed by atoms with Gasteiger partial charge in [-0.25, -0.2) is 4.98 Å². The van der Waals surface area contributed by atoms with Crippen molar-refractivity contribution in [2.45, 2.75) is 13.1 Å². The fourth-order valence-electron chi connectivity index (χ4n) is 0.764. The maximum Gasteiger partial charge on any atom is 0.405 e. The number of nitrogens with two attached hydrogens (primary N) is 1. The largest absolute Gasteiger partial charge is 0.405 e. The van der Waals surface area contributed by atoms with Gasteiger partial charge in [0, 0.05) is 5.56 Å². The Hall–Kier alpha value is -1.24. The van der Waals surface area contributed by atoms with Gasteiger partial charge >= 0.3 is 6.18 Å². The van der Waals surface area contributed by atoms with E-state index in [-0.39, 0.29) is 16.9 Å². The van der Waals surface area contributed by atoms with Crippen LogP contribution >= 0.6 is 11.6 Å². The standard InChI is InChI=1S/C7H8ClF3N4/c1-3-4(8)14-6(15-5(3)12)13-2-7(9,10)11/h2H2,1H3,(H3,12,13,14,15). The number of rotatable bonds is 2. The summed E-state index contributed by atoms with van der Waals surface area (Å²) < 4.78 is 35.5. The predicted octanol–water partition coefficient (Wildman–Crippen LogP) is 1.99. The van der Waals surface area contributed by atoms with Crippen molar-refractivity contribution in [3.8, 4) is 0 Å². The Bertz CT molecular complexity index is 343. The van der Waals surface area contributed by atoms with Crippen LogP contribution in [0.4, 0.5) is 24.9 Å². The average molecular weight is 241 g/mol. The molecule has 0 unspecified atom stereocenters. The van der Waals surface area contributed by atoms with Crippen LogP contribution in [-0.2, 0) is 0 Å². The molecule has 1 rings (SSSR count). The number of halogens is 4. The van der Waals surface area contributed by atoms with E-state index in [0.717, 1.165) is 0 Å². The molecule has 0 saturated heterocycles. The number of nitrogens with one attached hydrogen (secondary N) is 1. The molecule has 84 valence electrons. The lowest BCUT2D eigenvalue weighted by Crippen LogP contribution is -2.22. The van der Waals surface area contributed by atoms with Crippen LogP contribution in [0.15, 0.2) is 0 Å². The summed E-state index contributed by atoms with van der Waals surface area (Å²) in [6, 6.07) is 0. The lowest BCUT2D eigenvalue weighted by molar-refractivity contribution is -0.115. The van der Waals surface area contributed by atoms with Crippen LogP contribution in [0.2, 0.25) is 5.15 Å². The third-order valence-electron chi connectivity index (χ3n) is 1.57. The van der Waals surface area contributed by atoms with Gasteiger partial charge in [0.2, 0.25) is 5.95 Å². The number of nitrogen functional groups attached to an aromatic ring is 1. The van der Waals surface area contributed by atoms with Crippen LogP contribution in [0.5, 0.6) is 0 Å². The lowest BCUT2D eigenvalue weighted by atomic mass is 10.3. The van der Waals surface area contributed by atoms with Crippen LogP contribution in [0.3, 0.4) is 0 Å². The zero-order valence-corrected chi connectivity index (χ0v) is 8.45. The molecule has 0 bridgehead atoms. The molecule has 4 nitrogen and oxygen atoms in total. The maximum absolute atomic E-state index is 11.8. The molecule has 0 saturated carbocycles. The number of hydrogen-bond donors (Lipinski definition) is 2. The van der Waals surface area contributed by atoms with Crippen LogP contribution in [0, 0.1) is 6.92 Å². The highest BCUT2D eigenvalue weighted by Gasteiger charge is 2.27. The second kappa shape index (κ2) is 4.09. The Morgan fingerprint density at radius 1 is 1.40 bits per heavy atom. The average Bonchev–Trinajstić information content (AvgIpc) is 2.09. The van der Waals surface area contributed by atoms with E-state index >= 15 is 0 Å². The number of alkyl halides is 3. The first kappa shape index (κ1) is 11.8. The summed E-state index contributed by atoms with van der Waals surface area (Å²) in [7, 11) is 0. The molecule has 0 radical (unpaired) electrons. The quantitative estimate of drug-likeness (QED) is 0.776. The van der Waals surface area contributed by atoms with E-state index in [1.807, 2.05) is 5.32 Å². The lowest BCUT2D eigenvalue weighted by Gasteiger charge is -2.09. The molecule has 1 aromatic rings. The van der Waals surface area contributed by atoms with E-state index in [1.54, 1.807) is 6.92 Å². The highest BCUT2D eigenvalue weighted by Crippen LogP contribution is 2.20. The Kier molecular flexibility index (Phi) is 3.23. The SMILES string of the molecule is Cc1c(N)nc(NCC(F)(F)F)nc1Cl. The monoisotopic (exact) mass is 240 g/mol. The number of hydrogen-bond acceptors (Lipinski definition) is 4. The van der Waals surface area contributed by atoms with Crippen LogP contribution in [-0.4, -0.2) is 22.7 Å². The second-order valence-corrected chi connectivity index (χ2v) is 3.18. The van der Waals surface area contributed by atoms with Crippen LogP contribution < -0.4 is 11.1 Å². The van der Waals surface area contributed by atoms with E-state index < -0.39 is 12.7 Å². The highest BCUT2D eigenvalue weighted by atomic mass is 35.5. The fraction of sp³-hybridized carbons (Fsp3) is 0.429. The molecule has 0 spiro atoms. The van der Waals surface area contributed by atoms with Gasteiger partial charge in [0.05, 0.1) is 0 Å². The van der Waals surface area contributed by atoms with Crippen molar-refractivity contribution in [2.24, 2.45) is 0 Å². The molecule has 1 heterocycles. The molecule has 1 aromatic heterocycles. The van der Waals surface area contributed by atoms with Gasteiger partial charge in [-0.3, -0.25) is 0 Å². The van der Waals surface area contributed by atoms with E-state index in [9.17, 15) is 13.2 Å². The molecular weight excluding hydrogens is 233 g/mol. The smallest absolute Gasteiger partial charge is 0.383 e. The van der Waals surface area contributed by atoms with Gasteiger partial charge in [-0.1, -0.05) is 11.6 Å². The Morgan fingerprint density at radius 2 is 2.00 bits per heavy atom. The summed E-state index contributed by atoms with van der Waals surface area (Å²) in [6.07, 6.45) is -4.34. The summed E-state index contributed by atoms with van der Waals surface area (Å²) in [5.74, 6) is -0.180. The van der Waals surface area contributed by atoms with Gasteiger partial charge in [0.1, 0.15) is 17.5 Å². The minimum Gasteiger partial charge on any atom is -0.383 e. The summed E-state index contributed by atoms with van der Waals surface area (Å²) in [6.45, 7) is 0.344. The molecule has 3 N–H and O–H groups in total. The van der Waals surface area contributed by atoms with Crippen molar-refractivity contribution in [3.05, 3.63) is 10.7 Å². The molecule has 0 atom stereocenters. The molecule has 0 fully saturated rings. The number of anilines is 2. The van der Waals surface area contributed by atoms with E-state index in [4.69, 9.17) is 17.3 Å². The molecule has 8 heteroatoms. The summed E-state index contributed by atoms with van der Waals surface area (Å²) in [5, 5.41) is 2.02. The minimum atomic E-state index is -4.34. The fourth-order valence-corrected chi connectivity index (χ4v) is 0.941. The summed E-state index contributed by atoms with van der Waals surface area (Å²) in [5.41, 5.74) is 5.84. The van der Waals surface area contributed by atoms with Crippen molar-refractivity contribution < 1.29 is 13.2 Å². The molecule has 0 aromatic carbocycles. The minimum absolute atomic E-state index is 0.0344. The third-order valence-corrected chi connectivity index (χ3v) is 1.94. The summed E-state index contributed by atoms with van der Waals surface area (Å²) in [4.78, 5) is 7.21. The number of nitrogens with zero attached hydrogens (tertiary/aromatic N) is 2.